The predicted molar refractivity (Wildman–Crippen MR) is 90.1 cm³/mol. The van der Waals surface area contributed by atoms with E-state index in [4.69, 9.17) is 9.47 Å². The van der Waals surface area contributed by atoms with E-state index >= 15 is 0 Å². The van der Waals surface area contributed by atoms with E-state index in [9.17, 15) is 0 Å². The minimum atomic E-state index is 0.558. The molecule has 1 aromatic carbocycles. The molecule has 0 aromatic heterocycles. The van der Waals surface area contributed by atoms with Crippen LogP contribution in [-0.2, 0) is 6.54 Å². The smallest absolute Gasteiger partial charge is 0.175 e. The molecule has 0 heterocycles. The van der Waals surface area contributed by atoms with Crippen LogP contribution in [0.15, 0.2) is 16.6 Å². The van der Waals surface area contributed by atoms with Crippen molar-refractivity contribution in [1.82, 2.24) is 5.32 Å². The summed E-state index contributed by atoms with van der Waals surface area (Å²) in [4.78, 5) is 0. The van der Waals surface area contributed by atoms with E-state index in [1.54, 1.807) is 7.11 Å². The molecule has 0 saturated heterocycles. The van der Waals surface area contributed by atoms with Gasteiger partial charge in [-0.1, -0.05) is 20.3 Å². The molecule has 1 aromatic rings. The third kappa shape index (κ3) is 5.19. The van der Waals surface area contributed by atoms with Crippen LogP contribution < -0.4 is 14.8 Å². The van der Waals surface area contributed by atoms with E-state index in [2.05, 4.69) is 47.2 Å². The Hall–Kier alpha value is -0.740. The standard InChI is InChI=1S/C17H26BrNO2/c1-4-5-12(2)11-21-17-15(18)8-13(9-16(17)20-3)10-19-14-6-7-14/h8-9,12,14,19H,4-7,10-11H2,1-3H3. The maximum atomic E-state index is 5.97. The molecule has 1 aliphatic carbocycles. The molecule has 1 saturated carbocycles. The number of methoxy groups -OCH3 is 1. The van der Waals surface area contributed by atoms with Gasteiger partial charge in [0.2, 0.25) is 0 Å². The SMILES string of the molecule is CCCC(C)COc1c(Br)cc(CNC2CC2)cc1OC. The van der Waals surface area contributed by atoms with Crippen molar-refractivity contribution in [2.24, 2.45) is 5.92 Å². The summed E-state index contributed by atoms with van der Waals surface area (Å²) < 4.78 is 12.4. The average molecular weight is 356 g/mol. The lowest BCUT2D eigenvalue weighted by Gasteiger charge is -2.17. The molecule has 3 nitrogen and oxygen atoms in total. The number of halogens is 1. The van der Waals surface area contributed by atoms with Gasteiger partial charge in [0, 0.05) is 12.6 Å². The van der Waals surface area contributed by atoms with Gasteiger partial charge in [0.1, 0.15) is 0 Å². The molecule has 1 unspecified atom stereocenters. The van der Waals surface area contributed by atoms with Crippen molar-refractivity contribution in [2.45, 2.75) is 52.1 Å². The molecular formula is C17H26BrNO2. The van der Waals surface area contributed by atoms with Gasteiger partial charge in [0.15, 0.2) is 11.5 Å². The highest BCUT2D eigenvalue weighted by Crippen LogP contribution is 2.37. The Balaban J connectivity index is 2.01. The van der Waals surface area contributed by atoms with E-state index in [1.807, 2.05) is 0 Å². The van der Waals surface area contributed by atoms with Crippen LogP contribution in [0.25, 0.3) is 0 Å². The van der Waals surface area contributed by atoms with Crippen LogP contribution in [0.4, 0.5) is 0 Å². The second kappa shape index (κ2) is 8.04. The minimum Gasteiger partial charge on any atom is -0.493 e. The minimum absolute atomic E-state index is 0.558. The number of rotatable bonds is 9. The maximum Gasteiger partial charge on any atom is 0.175 e. The molecule has 118 valence electrons. The quantitative estimate of drug-likeness (QED) is 0.705. The average Bonchev–Trinajstić information content (AvgIpc) is 3.27. The lowest BCUT2D eigenvalue weighted by molar-refractivity contribution is 0.239. The summed E-state index contributed by atoms with van der Waals surface area (Å²) in [5, 5.41) is 3.52. The highest BCUT2D eigenvalue weighted by atomic mass is 79.9. The van der Waals surface area contributed by atoms with Crippen molar-refractivity contribution in [3.63, 3.8) is 0 Å². The summed E-state index contributed by atoms with van der Waals surface area (Å²) in [6.07, 6.45) is 4.97. The monoisotopic (exact) mass is 355 g/mol. The first-order valence-corrected chi connectivity index (χ1v) is 8.66. The van der Waals surface area contributed by atoms with Crippen LogP contribution >= 0.6 is 15.9 Å². The van der Waals surface area contributed by atoms with Crippen molar-refractivity contribution in [1.29, 1.82) is 0 Å². The highest BCUT2D eigenvalue weighted by Gasteiger charge is 2.20. The maximum absolute atomic E-state index is 5.97. The summed E-state index contributed by atoms with van der Waals surface area (Å²) in [6, 6.07) is 4.90. The normalized spacial score (nSPS) is 15.8. The number of nitrogens with one attached hydrogen (secondary N) is 1. The van der Waals surface area contributed by atoms with Gasteiger partial charge in [0.25, 0.3) is 0 Å². The molecule has 1 atom stereocenters. The van der Waals surface area contributed by atoms with Crippen LogP contribution in [0.3, 0.4) is 0 Å². The molecule has 0 radical (unpaired) electrons. The lowest BCUT2D eigenvalue weighted by Crippen LogP contribution is -2.15. The van der Waals surface area contributed by atoms with Gasteiger partial charge in [-0.05, 0) is 58.8 Å². The largest absolute Gasteiger partial charge is 0.493 e. The van der Waals surface area contributed by atoms with Gasteiger partial charge in [-0.3, -0.25) is 0 Å². The van der Waals surface area contributed by atoms with Crippen LogP contribution in [0, 0.1) is 5.92 Å². The molecule has 1 N–H and O–H groups in total. The van der Waals surface area contributed by atoms with E-state index < -0.39 is 0 Å². The molecule has 4 heteroatoms. The van der Waals surface area contributed by atoms with Crippen molar-refractivity contribution in [3.05, 3.63) is 22.2 Å². The zero-order chi connectivity index (χ0) is 15.2. The fraction of sp³-hybridized carbons (Fsp3) is 0.647. The number of benzene rings is 1. The first-order valence-electron chi connectivity index (χ1n) is 7.86. The summed E-state index contributed by atoms with van der Waals surface area (Å²) in [5.74, 6) is 2.18. The van der Waals surface area contributed by atoms with E-state index in [0.717, 1.165) is 29.1 Å². The van der Waals surface area contributed by atoms with Gasteiger partial charge in [-0.2, -0.15) is 0 Å². The van der Waals surface area contributed by atoms with Crippen molar-refractivity contribution < 1.29 is 9.47 Å². The molecule has 2 rings (SSSR count). The third-order valence-electron chi connectivity index (χ3n) is 3.76. The number of hydrogen-bond acceptors (Lipinski definition) is 3. The number of ether oxygens (including phenoxy) is 2. The molecule has 21 heavy (non-hydrogen) atoms. The Bertz CT molecular complexity index is 460. The summed E-state index contributed by atoms with van der Waals surface area (Å²) in [5.41, 5.74) is 1.22. The Morgan fingerprint density at radius 1 is 1.38 bits per heavy atom. The Morgan fingerprint density at radius 2 is 2.14 bits per heavy atom. The van der Waals surface area contributed by atoms with Crippen LogP contribution in [0.5, 0.6) is 11.5 Å². The van der Waals surface area contributed by atoms with Gasteiger partial charge in [-0.25, -0.2) is 0 Å². The molecule has 0 bridgehead atoms. The van der Waals surface area contributed by atoms with Crippen LogP contribution in [-0.4, -0.2) is 19.8 Å². The summed E-state index contributed by atoms with van der Waals surface area (Å²) >= 11 is 3.62. The molecular weight excluding hydrogens is 330 g/mol. The predicted octanol–water partition coefficient (Wildman–Crippen LogP) is 4.52. The molecule has 0 amide bonds. The van der Waals surface area contributed by atoms with Gasteiger partial charge >= 0.3 is 0 Å². The Morgan fingerprint density at radius 3 is 2.76 bits per heavy atom. The molecule has 0 spiro atoms. The van der Waals surface area contributed by atoms with Crippen molar-refractivity contribution >= 4 is 15.9 Å². The molecule has 1 fully saturated rings. The lowest BCUT2D eigenvalue weighted by atomic mass is 10.1. The van der Waals surface area contributed by atoms with E-state index in [0.29, 0.717) is 12.0 Å². The van der Waals surface area contributed by atoms with Crippen molar-refractivity contribution in [2.75, 3.05) is 13.7 Å². The first kappa shape index (κ1) is 16.6. The summed E-state index contributed by atoms with van der Waals surface area (Å²) in [6.45, 7) is 6.03. The van der Waals surface area contributed by atoms with E-state index in [1.165, 1.54) is 31.2 Å². The van der Waals surface area contributed by atoms with Crippen LogP contribution in [0.2, 0.25) is 0 Å². The third-order valence-corrected chi connectivity index (χ3v) is 4.34. The van der Waals surface area contributed by atoms with E-state index in [-0.39, 0.29) is 0 Å². The van der Waals surface area contributed by atoms with Gasteiger partial charge in [0.05, 0.1) is 18.2 Å². The fourth-order valence-electron chi connectivity index (χ4n) is 2.37. The Kier molecular flexibility index (Phi) is 6.37. The summed E-state index contributed by atoms with van der Waals surface area (Å²) in [7, 11) is 1.70. The zero-order valence-electron chi connectivity index (χ0n) is 13.2. The molecule has 1 aliphatic rings. The Labute approximate surface area is 136 Å². The van der Waals surface area contributed by atoms with Crippen molar-refractivity contribution in [3.8, 4) is 11.5 Å². The van der Waals surface area contributed by atoms with Crippen LogP contribution in [0.1, 0.15) is 45.1 Å². The van der Waals surface area contributed by atoms with Gasteiger partial charge < -0.3 is 14.8 Å². The number of hydrogen-bond donors (Lipinski definition) is 1. The highest BCUT2D eigenvalue weighted by molar-refractivity contribution is 9.10. The fourth-order valence-corrected chi connectivity index (χ4v) is 2.97. The molecule has 0 aliphatic heterocycles. The van der Waals surface area contributed by atoms with Gasteiger partial charge in [-0.15, -0.1) is 0 Å². The zero-order valence-corrected chi connectivity index (χ0v) is 14.8. The first-order chi connectivity index (χ1) is 10.1. The topological polar surface area (TPSA) is 30.5 Å². The second-order valence-corrected chi connectivity index (χ2v) is 6.82. The second-order valence-electron chi connectivity index (χ2n) is 5.97.